The molecule has 16 heavy (non-hydrogen) atoms. The maximum atomic E-state index is 12.4. The van der Waals surface area contributed by atoms with Gasteiger partial charge in [-0.2, -0.15) is 18.4 Å². The van der Waals surface area contributed by atoms with Crippen LogP contribution in [0.25, 0.3) is 0 Å². The molecule has 0 saturated carbocycles. The smallest absolute Gasteiger partial charge is 0.205 e. The molecule has 0 aliphatic rings. The van der Waals surface area contributed by atoms with Gasteiger partial charge in [0.05, 0.1) is 11.1 Å². The molecule has 0 heterocycles. The van der Waals surface area contributed by atoms with Gasteiger partial charge in [0.1, 0.15) is 6.07 Å². The predicted octanol–water partition coefficient (Wildman–Crippen LogP) is 4.28. The van der Waals surface area contributed by atoms with E-state index < -0.39 is 33.8 Å². The minimum Gasteiger partial charge on any atom is -0.205 e. The van der Waals surface area contributed by atoms with Gasteiger partial charge in [-0.05, 0) is 22.0 Å². The van der Waals surface area contributed by atoms with Crippen molar-refractivity contribution in [2.24, 2.45) is 0 Å². The molecule has 7 heteroatoms. The van der Waals surface area contributed by atoms with E-state index in [0.29, 0.717) is 12.1 Å². The van der Waals surface area contributed by atoms with Crippen LogP contribution >= 0.6 is 15.9 Å². The molecule has 0 aliphatic carbocycles. The van der Waals surface area contributed by atoms with E-state index in [4.69, 9.17) is 5.26 Å². The molecular weight excluding hydrogens is 297 g/mol. The van der Waals surface area contributed by atoms with E-state index in [0.717, 1.165) is 0 Å². The van der Waals surface area contributed by atoms with E-state index in [-0.39, 0.29) is 0 Å². The van der Waals surface area contributed by atoms with Gasteiger partial charge in [-0.25, -0.2) is 8.78 Å². The number of nitriles is 1. The molecule has 0 bridgehead atoms. The second-order valence-electron chi connectivity index (χ2n) is 2.80. The summed E-state index contributed by atoms with van der Waals surface area (Å²) in [5, 5.41) is 8.56. The molecule has 1 aromatic rings. The van der Waals surface area contributed by atoms with Gasteiger partial charge >= 0.3 is 6.18 Å². The summed E-state index contributed by atoms with van der Waals surface area (Å²) in [7, 11) is 0. The molecule has 1 aromatic carbocycles. The molecule has 0 radical (unpaired) electrons. The van der Waals surface area contributed by atoms with Gasteiger partial charge in [0, 0.05) is 10.0 Å². The van der Waals surface area contributed by atoms with Crippen LogP contribution in [0.2, 0.25) is 0 Å². The van der Waals surface area contributed by atoms with E-state index in [1.54, 1.807) is 0 Å². The van der Waals surface area contributed by atoms with Crippen LogP contribution in [0.15, 0.2) is 16.6 Å². The molecule has 0 aromatic heterocycles. The van der Waals surface area contributed by atoms with Crippen molar-refractivity contribution in [2.45, 2.75) is 12.6 Å². The van der Waals surface area contributed by atoms with E-state index in [2.05, 4.69) is 15.9 Å². The second-order valence-corrected chi connectivity index (χ2v) is 3.59. The van der Waals surface area contributed by atoms with Crippen LogP contribution in [0, 0.1) is 11.3 Å². The van der Waals surface area contributed by atoms with E-state index >= 15 is 0 Å². The first-order valence-corrected chi connectivity index (χ1v) is 4.66. The summed E-state index contributed by atoms with van der Waals surface area (Å²) < 4.78 is 61.2. The molecule has 1 nitrogen and oxygen atoms in total. The Hall–Kier alpha value is -1.16. The molecule has 0 fully saturated rings. The standard InChI is InChI=1S/C9H3BrF5N/c10-7-5(3-16)4(8(11)12)1-2-6(7)9(13,14)15/h1-2,8H. The Kier molecular flexibility index (Phi) is 3.53. The minimum atomic E-state index is -4.69. The Morgan fingerprint density at radius 2 is 1.81 bits per heavy atom. The molecule has 0 amide bonds. The van der Waals surface area contributed by atoms with E-state index in [9.17, 15) is 22.0 Å². The van der Waals surface area contributed by atoms with Gasteiger partial charge in [-0.3, -0.25) is 0 Å². The third kappa shape index (κ3) is 2.32. The van der Waals surface area contributed by atoms with Crippen molar-refractivity contribution in [1.29, 1.82) is 5.26 Å². The Balaban J connectivity index is 3.49. The zero-order valence-corrected chi connectivity index (χ0v) is 9.03. The first-order valence-electron chi connectivity index (χ1n) is 3.87. The summed E-state index contributed by atoms with van der Waals surface area (Å²) in [6.45, 7) is 0. The molecule has 1 rings (SSSR count). The monoisotopic (exact) mass is 299 g/mol. The fourth-order valence-electron chi connectivity index (χ4n) is 1.11. The number of hydrogen-bond acceptors (Lipinski definition) is 1. The van der Waals surface area contributed by atoms with Gasteiger partial charge in [0.25, 0.3) is 6.43 Å². The topological polar surface area (TPSA) is 23.8 Å². The maximum absolute atomic E-state index is 12.4. The lowest BCUT2D eigenvalue weighted by atomic mass is 10.0. The zero-order chi connectivity index (χ0) is 12.5. The van der Waals surface area contributed by atoms with Gasteiger partial charge in [0.2, 0.25) is 0 Å². The van der Waals surface area contributed by atoms with Crippen molar-refractivity contribution in [3.63, 3.8) is 0 Å². The Morgan fingerprint density at radius 3 is 2.19 bits per heavy atom. The minimum absolute atomic E-state index is 0.520. The third-order valence-corrected chi connectivity index (χ3v) is 2.65. The van der Waals surface area contributed by atoms with Gasteiger partial charge < -0.3 is 0 Å². The molecular formula is C9H3BrF5N. The number of rotatable bonds is 1. The highest BCUT2D eigenvalue weighted by atomic mass is 79.9. The average molecular weight is 300 g/mol. The van der Waals surface area contributed by atoms with Crippen molar-refractivity contribution >= 4 is 15.9 Å². The fraction of sp³-hybridized carbons (Fsp3) is 0.222. The summed E-state index contributed by atoms with van der Waals surface area (Å²) in [5.41, 5.74) is -2.55. The van der Waals surface area contributed by atoms with Crippen LogP contribution in [0.1, 0.15) is 23.1 Å². The highest BCUT2D eigenvalue weighted by molar-refractivity contribution is 9.10. The molecule has 86 valence electrons. The van der Waals surface area contributed by atoms with Crippen LogP contribution in [-0.2, 0) is 6.18 Å². The van der Waals surface area contributed by atoms with Gasteiger partial charge in [-0.15, -0.1) is 0 Å². The summed E-state index contributed by atoms with van der Waals surface area (Å²) in [6, 6.07) is 2.46. The first kappa shape index (κ1) is 12.9. The largest absolute Gasteiger partial charge is 0.417 e. The van der Waals surface area contributed by atoms with Crippen molar-refractivity contribution in [2.75, 3.05) is 0 Å². The fourth-order valence-corrected chi connectivity index (χ4v) is 1.78. The lowest BCUT2D eigenvalue weighted by Gasteiger charge is -2.12. The Bertz CT molecular complexity index is 446. The van der Waals surface area contributed by atoms with Gasteiger partial charge in [-0.1, -0.05) is 6.07 Å². The number of benzene rings is 1. The Morgan fingerprint density at radius 1 is 1.25 bits per heavy atom. The molecule has 0 saturated heterocycles. The number of hydrogen-bond donors (Lipinski definition) is 0. The van der Waals surface area contributed by atoms with Crippen molar-refractivity contribution in [3.05, 3.63) is 33.3 Å². The first-order chi connectivity index (χ1) is 7.29. The normalized spacial score (nSPS) is 11.6. The van der Waals surface area contributed by atoms with Crippen LogP contribution < -0.4 is 0 Å². The molecule has 0 unspecified atom stereocenters. The van der Waals surface area contributed by atoms with Crippen molar-refractivity contribution < 1.29 is 22.0 Å². The highest BCUT2D eigenvalue weighted by Gasteiger charge is 2.35. The lowest BCUT2D eigenvalue weighted by Crippen LogP contribution is -2.08. The second kappa shape index (κ2) is 4.37. The van der Waals surface area contributed by atoms with Crippen molar-refractivity contribution in [3.8, 4) is 6.07 Å². The number of halogens is 6. The van der Waals surface area contributed by atoms with Crippen molar-refractivity contribution in [1.82, 2.24) is 0 Å². The highest BCUT2D eigenvalue weighted by Crippen LogP contribution is 2.39. The summed E-state index contributed by atoms with van der Waals surface area (Å²) in [4.78, 5) is 0. The molecule has 0 N–H and O–H groups in total. The molecule has 0 aliphatic heterocycles. The van der Waals surface area contributed by atoms with Crippen LogP contribution in [0.4, 0.5) is 22.0 Å². The summed E-state index contributed by atoms with van der Waals surface area (Å²) in [6.07, 6.45) is -7.68. The number of alkyl halides is 5. The van der Waals surface area contributed by atoms with Crippen LogP contribution in [0.3, 0.4) is 0 Å². The van der Waals surface area contributed by atoms with Crippen LogP contribution in [-0.4, -0.2) is 0 Å². The molecule has 0 atom stereocenters. The zero-order valence-electron chi connectivity index (χ0n) is 7.45. The van der Waals surface area contributed by atoms with E-state index in [1.807, 2.05) is 0 Å². The molecule has 0 spiro atoms. The predicted molar refractivity (Wildman–Crippen MR) is 48.8 cm³/mol. The quantitative estimate of drug-likeness (QED) is 0.710. The van der Waals surface area contributed by atoms with Gasteiger partial charge in [0.15, 0.2) is 0 Å². The number of nitrogens with zero attached hydrogens (tertiary/aromatic N) is 1. The van der Waals surface area contributed by atoms with E-state index in [1.165, 1.54) is 6.07 Å². The lowest BCUT2D eigenvalue weighted by molar-refractivity contribution is -0.138. The average Bonchev–Trinajstić information content (AvgIpc) is 2.14. The SMILES string of the molecule is N#Cc1c(C(F)F)ccc(C(F)(F)F)c1Br. The Labute approximate surface area is 95.6 Å². The summed E-state index contributed by atoms with van der Waals surface area (Å²) in [5.74, 6) is 0. The third-order valence-electron chi connectivity index (χ3n) is 1.83. The maximum Gasteiger partial charge on any atom is 0.417 e. The summed E-state index contributed by atoms with van der Waals surface area (Å²) >= 11 is 2.52. The van der Waals surface area contributed by atoms with Crippen LogP contribution in [0.5, 0.6) is 0 Å².